The van der Waals surface area contributed by atoms with Crippen LogP contribution >= 0.6 is 0 Å². The summed E-state index contributed by atoms with van der Waals surface area (Å²) in [6.45, 7) is 2.18. The second-order valence-corrected chi connectivity index (χ2v) is 5.86. The van der Waals surface area contributed by atoms with Gasteiger partial charge in [0.2, 0.25) is 5.91 Å². The van der Waals surface area contributed by atoms with Crippen LogP contribution in [-0.4, -0.2) is 52.9 Å². The molecule has 2 N–H and O–H groups in total. The number of H-pyrrole nitrogens is 2. The average molecular weight is 358 g/mol. The number of nitrogens with zero attached hydrogens (tertiary/aromatic N) is 2. The third-order valence-electron chi connectivity index (χ3n) is 4.29. The number of amides is 2. The number of carbonyl (C=O) groups is 2. The van der Waals surface area contributed by atoms with Gasteiger partial charge >= 0.3 is 5.69 Å². The van der Waals surface area contributed by atoms with Crippen molar-refractivity contribution in [3.63, 3.8) is 0 Å². The van der Waals surface area contributed by atoms with E-state index in [4.69, 9.17) is 4.74 Å². The second-order valence-electron chi connectivity index (χ2n) is 5.86. The van der Waals surface area contributed by atoms with Crippen molar-refractivity contribution in [2.45, 2.75) is 13.0 Å². The van der Waals surface area contributed by atoms with Gasteiger partial charge in [-0.2, -0.15) is 0 Å². The quantitative estimate of drug-likeness (QED) is 0.798. The zero-order valence-corrected chi connectivity index (χ0v) is 14.3. The SMILES string of the molecule is COc1ccc(N2CCN(C(=O)c3cc(=O)[nH]c(=O)[nH]3)[C@@H](C)C2=O)cc1. The lowest BCUT2D eigenvalue weighted by Crippen LogP contribution is -2.58. The van der Waals surface area contributed by atoms with E-state index < -0.39 is 23.2 Å². The van der Waals surface area contributed by atoms with Crippen molar-refractivity contribution in [2.24, 2.45) is 0 Å². The highest BCUT2D eigenvalue weighted by atomic mass is 16.5. The molecular weight excluding hydrogens is 340 g/mol. The van der Waals surface area contributed by atoms with Crippen LogP contribution in [0.15, 0.2) is 39.9 Å². The van der Waals surface area contributed by atoms with E-state index >= 15 is 0 Å². The number of ether oxygens (including phenoxy) is 1. The predicted molar refractivity (Wildman–Crippen MR) is 93.5 cm³/mol. The van der Waals surface area contributed by atoms with Crippen molar-refractivity contribution in [1.29, 1.82) is 0 Å². The maximum atomic E-state index is 12.7. The van der Waals surface area contributed by atoms with E-state index in [9.17, 15) is 19.2 Å². The van der Waals surface area contributed by atoms with Gasteiger partial charge in [0.15, 0.2) is 0 Å². The standard InChI is InChI=1S/C17H18N4O5/c1-10-15(23)21(11-3-5-12(26-2)6-4-11)8-7-20(10)16(24)13-9-14(22)19-17(25)18-13/h3-6,9-10H,7-8H2,1-2H3,(H2,18,19,22,25)/t10-/m0/s1. The molecule has 2 heterocycles. The third kappa shape index (κ3) is 3.23. The Labute approximate surface area is 148 Å². The molecule has 1 aliphatic heterocycles. The van der Waals surface area contributed by atoms with Gasteiger partial charge in [-0.25, -0.2) is 4.79 Å². The number of hydrogen-bond donors (Lipinski definition) is 2. The largest absolute Gasteiger partial charge is 0.497 e. The highest BCUT2D eigenvalue weighted by Gasteiger charge is 2.35. The minimum Gasteiger partial charge on any atom is -0.497 e. The number of methoxy groups -OCH3 is 1. The summed E-state index contributed by atoms with van der Waals surface area (Å²) in [6.07, 6.45) is 0. The molecule has 1 aromatic carbocycles. The summed E-state index contributed by atoms with van der Waals surface area (Å²) >= 11 is 0. The Kier molecular flexibility index (Phi) is 4.61. The molecule has 0 unspecified atom stereocenters. The van der Waals surface area contributed by atoms with Crippen molar-refractivity contribution in [3.8, 4) is 5.75 Å². The molecule has 136 valence electrons. The van der Waals surface area contributed by atoms with Crippen molar-refractivity contribution in [3.05, 3.63) is 56.9 Å². The fourth-order valence-corrected chi connectivity index (χ4v) is 2.90. The van der Waals surface area contributed by atoms with E-state index in [0.29, 0.717) is 18.0 Å². The van der Waals surface area contributed by atoms with Gasteiger partial charge in [0.1, 0.15) is 17.5 Å². The van der Waals surface area contributed by atoms with Crippen LogP contribution in [0.2, 0.25) is 0 Å². The summed E-state index contributed by atoms with van der Waals surface area (Å²) < 4.78 is 5.11. The topological polar surface area (TPSA) is 116 Å². The molecule has 26 heavy (non-hydrogen) atoms. The molecule has 2 amide bonds. The van der Waals surface area contributed by atoms with Crippen LogP contribution in [0, 0.1) is 0 Å². The van der Waals surface area contributed by atoms with Gasteiger partial charge in [0.25, 0.3) is 11.5 Å². The van der Waals surface area contributed by atoms with Gasteiger partial charge in [-0.05, 0) is 31.2 Å². The van der Waals surface area contributed by atoms with E-state index in [1.807, 2.05) is 4.98 Å². The Morgan fingerprint density at radius 1 is 1.12 bits per heavy atom. The van der Waals surface area contributed by atoms with E-state index in [1.165, 1.54) is 4.90 Å². The lowest BCUT2D eigenvalue weighted by molar-refractivity contribution is -0.124. The van der Waals surface area contributed by atoms with Crippen LogP contribution in [0.3, 0.4) is 0 Å². The average Bonchev–Trinajstić information content (AvgIpc) is 2.63. The molecule has 0 bridgehead atoms. The molecule has 9 nitrogen and oxygen atoms in total. The third-order valence-corrected chi connectivity index (χ3v) is 4.29. The highest BCUT2D eigenvalue weighted by Crippen LogP contribution is 2.23. The van der Waals surface area contributed by atoms with E-state index in [0.717, 1.165) is 6.07 Å². The Bertz CT molecular complexity index is 918. The zero-order valence-electron chi connectivity index (χ0n) is 14.3. The number of piperazine rings is 1. The van der Waals surface area contributed by atoms with Crippen LogP contribution in [0.1, 0.15) is 17.4 Å². The van der Waals surface area contributed by atoms with Gasteiger partial charge in [-0.1, -0.05) is 0 Å². The van der Waals surface area contributed by atoms with Crippen LogP contribution in [0.25, 0.3) is 0 Å². The summed E-state index contributed by atoms with van der Waals surface area (Å²) in [4.78, 5) is 55.3. The van der Waals surface area contributed by atoms with Crippen molar-refractivity contribution < 1.29 is 14.3 Å². The molecule has 1 aliphatic rings. The highest BCUT2D eigenvalue weighted by molar-refractivity contribution is 6.02. The number of aromatic nitrogens is 2. The first kappa shape index (κ1) is 17.5. The molecule has 2 aromatic rings. The summed E-state index contributed by atoms with van der Waals surface area (Å²) in [5, 5.41) is 0. The van der Waals surface area contributed by atoms with E-state index in [2.05, 4.69) is 4.98 Å². The first-order valence-corrected chi connectivity index (χ1v) is 8.01. The van der Waals surface area contributed by atoms with Crippen LogP contribution in [0.4, 0.5) is 5.69 Å². The van der Waals surface area contributed by atoms with Crippen molar-refractivity contribution in [1.82, 2.24) is 14.9 Å². The summed E-state index contributed by atoms with van der Waals surface area (Å²) in [6, 6.07) is 7.33. The maximum Gasteiger partial charge on any atom is 0.326 e. The molecule has 1 fully saturated rings. The molecule has 0 radical (unpaired) electrons. The summed E-state index contributed by atoms with van der Waals surface area (Å²) in [7, 11) is 1.56. The predicted octanol–water partition coefficient (Wildman–Crippen LogP) is -0.0507. The molecular formula is C17H18N4O5. The molecule has 1 aromatic heterocycles. The van der Waals surface area contributed by atoms with Gasteiger partial charge in [-0.15, -0.1) is 0 Å². The summed E-state index contributed by atoms with van der Waals surface area (Å²) in [5.41, 5.74) is -0.875. The first-order valence-electron chi connectivity index (χ1n) is 8.01. The number of benzene rings is 1. The lowest BCUT2D eigenvalue weighted by Gasteiger charge is -2.39. The molecule has 0 aliphatic carbocycles. The van der Waals surface area contributed by atoms with Gasteiger partial charge in [0, 0.05) is 24.8 Å². The maximum absolute atomic E-state index is 12.7. The molecule has 1 atom stereocenters. The monoisotopic (exact) mass is 358 g/mol. The first-order chi connectivity index (χ1) is 12.4. The van der Waals surface area contributed by atoms with Gasteiger partial charge < -0.3 is 19.5 Å². The van der Waals surface area contributed by atoms with Crippen LogP contribution < -0.4 is 20.9 Å². The Balaban J connectivity index is 1.81. The Morgan fingerprint density at radius 2 is 1.81 bits per heavy atom. The fourth-order valence-electron chi connectivity index (χ4n) is 2.90. The number of anilines is 1. The molecule has 1 saturated heterocycles. The molecule has 0 spiro atoms. The van der Waals surface area contributed by atoms with Crippen molar-refractivity contribution >= 4 is 17.5 Å². The second kappa shape index (κ2) is 6.87. The molecule has 0 saturated carbocycles. The minimum atomic E-state index is -0.767. The summed E-state index contributed by atoms with van der Waals surface area (Å²) in [5.74, 6) is -0.133. The Morgan fingerprint density at radius 3 is 2.42 bits per heavy atom. The lowest BCUT2D eigenvalue weighted by atomic mass is 10.1. The molecule has 9 heteroatoms. The van der Waals surface area contributed by atoms with Gasteiger partial charge in [-0.3, -0.25) is 19.4 Å². The Hall–Kier alpha value is -3.36. The number of aromatic amines is 2. The van der Waals surface area contributed by atoms with E-state index in [-0.39, 0.29) is 18.1 Å². The van der Waals surface area contributed by atoms with Gasteiger partial charge in [0.05, 0.1) is 7.11 Å². The number of hydrogen-bond acceptors (Lipinski definition) is 5. The minimum absolute atomic E-state index is 0.142. The van der Waals surface area contributed by atoms with Crippen molar-refractivity contribution in [2.75, 3.05) is 25.1 Å². The normalized spacial score (nSPS) is 17.3. The fraction of sp³-hybridized carbons (Fsp3) is 0.294. The number of rotatable bonds is 3. The van der Waals surface area contributed by atoms with Crippen LogP contribution in [-0.2, 0) is 4.79 Å². The number of nitrogens with one attached hydrogen (secondary N) is 2. The molecule has 3 rings (SSSR count). The zero-order chi connectivity index (χ0) is 18.8. The van der Waals surface area contributed by atoms with E-state index in [1.54, 1.807) is 43.2 Å². The smallest absolute Gasteiger partial charge is 0.326 e. The van der Waals surface area contributed by atoms with Crippen LogP contribution in [0.5, 0.6) is 5.75 Å². The number of carbonyl (C=O) groups excluding carboxylic acids is 2.